The van der Waals surface area contributed by atoms with Crippen molar-refractivity contribution in [3.63, 3.8) is 0 Å². The number of hydrogen-bond acceptors (Lipinski definition) is 2. The van der Waals surface area contributed by atoms with E-state index in [4.69, 9.17) is 0 Å². The average molecular weight is 436 g/mol. The van der Waals surface area contributed by atoms with Gasteiger partial charge in [0, 0.05) is 0 Å². The van der Waals surface area contributed by atoms with Gasteiger partial charge in [-0.25, -0.2) is 0 Å². The molecular formula is C17H14N2O2Se2. The summed E-state index contributed by atoms with van der Waals surface area (Å²) in [7, 11) is 0. The Morgan fingerprint density at radius 3 is 2.04 bits per heavy atom. The Balaban J connectivity index is 1.75. The summed E-state index contributed by atoms with van der Waals surface area (Å²) in [6.45, 7) is 2.65. The maximum absolute atomic E-state index is 12.6. The molecule has 0 N–H and O–H groups in total. The maximum atomic E-state index is 12.6. The zero-order chi connectivity index (χ0) is 16.0. The molecule has 116 valence electrons. The van der Waals surface area contributed by atoms with E-state index < -0.39 is 0 Å². The van der Waals surface area contributed by atoms with Crippen LogP contribution >= 0.6 is 0 Å². The first kappa shape index (κ1) is 15.0. The second-order valence-electron chi connectivity index (χ2n) is 5.52. The molecule has 2 aromatic carbocycles. The number of benzene rings is 2. The van der Waals surface area contributed by atoms with E-state index in [1.54, 1.807) is 0 Å². The van der Waals surface area contributed by atoms with Gasteiger partial charge in [-0.05, 0) is 0 Å². The van der Waals surface area contributed by atoms with Gasteiger partial charge >= 0.3 is 145 Å². The van der Waals surface area contributed by atoms with Crippen LogP contribution < -0.4 is 11.1 Å². The number of rotatable bonds is 3. The van der Waals surface area contributed by atoms with Crippen molar-refractivity contribution in [3.05, 3.63) is 69.2 Å². The van der Waals surface area contributed by atoms with Gasteiger partial charge in [-0.15, -0.1) is 0 Å². The summed E-state index contributed by atoms with van der Waals surface area (Å²) in [4.78, 5) is 25.0. The molecular weight excluding hydrogens is 422 g/mol. The van der Waals surface area contributed by atoms with E-state index in [1.165, 1.54) is 0 Å². The van der Waals surface area contributed by atoms with Crippen molar-refractivity contribution in [2.75, 3.05) is 0 Å². The number of hydrogen-bond donors (Lipinski definition) is 0. The molecule has 0 saturated carbocycles. The summed E-state index contributed by atoms with van der Waals surface area (Å²) in [5.41, 5.74) is 0.203. The van der Waals surface area contributed by atoms with Crippen molar-refractivity contribution in [2.45, 2.75) is 19.5 Å². The van der Waals surface area contributed by atoms with Crippen LogP contribution in [0.25, 0.3) is 19.3 Å². The fourth-order valence-electron chi connectivity index (χ4n) is 2.73. The van der Waals surface area contributed by atoms with Crippen molar-refractivity contribution < 1.29 is 0 Å². The van der Waals surface area contributed by atoms with Crippen molar-refractivity contribution in [1.82, 2.24) is 7.12 Å². The molecule has 1 atom stereocenters. The number of fused-ring (bicyclic) bond motifs is 2. The molecule has 0 aliphatic rings. The van der Waals surface area contributed by atoms with Crippen molar-refractivity contribution in [2.24, 2.45) is 0 Å². The van der Waals surface area contributed by atoms with Gasteiger partial charge in [0.05, 0.1) is 0 Å². The Labute approximate surface area is 144 Å². The van der Waals surface area contributed by atoms with Crippen LogP contribution in [0.5, 0.6) is 0 Å². The summed E-state index contributed by atoms with van der Waals surface area (Å²) < 4.78 is 6.12. The van der Waals surface area contributed by atoms with Gasteiger partial charge in [0.2, 0.25) is 0 Å². The van der Waals surface area contributed by atoms with E-state index >= 15 is 0 Å². The minimum absolute atomic E-state index is 0.00964. The van der Waals surface area contributed by atoms with E-state index in [2.05, 4.69) is 0 Å². The van der Waals surface area contributed by atoms with Crippen LogP contribution in [-0.2, 0) is 6.54 Å². The quantitative estimate of drug-likeness (QED) is 0.459. The van der Waals surface area contributed by atoms with Crippen molar-refractivity contribution >= 4 is 48.8 Å². The van der Waals surface area contributed by atoms with Gasteiger partial charge in [-0.3, -0.25) is 0 Å². The summed E-state index contributed by atoms with van der Waals surface area (Å²) in [5, 5.41) is 1.64. The zero-order valence-corrected chi connectivity index (χ0v) is 15.9. The molecule has 0 amide bonds. The topological polar surface area (TPSA) is 44.0 Å². The first-order chi connectivity index (χ1) is 11.1. The monoisotopic (exact) mass is 438 g/mol. The Kier molecular flexibility index (Phi) is 3.78. The number of nitrogens with zero attached hydrogens (tertiary/aromatic N) is 2. The molecule has 0 aliphatic carbocycles. The van der Waals surface area contributed by atoms with Crippen LogP contribution in [0.1, 0.15) is 13.0 Å². The molecule has 0 aliphatic heterocycles. The second kappa shape index (κ2) is 5.81. The predicted octanol–water partition coefficient (Wildman–Crippen LogP) is 1.69. The SMILES string of the molecule is CC(Cn1[se]c2ccccc2c1=O)n1[se]c2ccccc2c1=O. The molecule has 0 spiro atoms. The molecule has 23 heavy (non-hydrogen) atoms. The van der Waals surface area contributed by atoms with E-state index in [1.807, 2.05) is 62.6 Å². The Morgan fingerprint density at radius 2 is 1.43 bits per heavy atom. The van der Waals surface area contributed by atoms with E-state index in [-0.39, 0.29) is 46.6 Å². The molecule has 1 unspecified atom stereocenters. The van der Waals surface area contributed by atoms with Gasteiger partial charge in [0.25, 0.3) is 0 Å². The Hall–Kier alpha value is -1.58. The molecule has 2 heterocycles. The predicted molar refractivity (Wildman–Crippen MR) is 95.0 cm³/mol. The van der Waals surface area contributed by atoms with Crippen molar-refractivity contribution in [1.29, 1.82) is 0 Å². The summed E-state index contributed by atoms with van der Waals surface area (Å²) in [6.07, 6.45) is 0. The van der Waals surface area contributed by atoms with E-state index in [0.717, 1.165) is 19.3 Å². The average Bonchev–Trinajstić information content (AvgIpc) is 3.07. The second-order valence-corrected chi connectivity index (χ2v) is 9.88. The molecule has 0 fully saturated rings. The minimum atomic E-state index is 0.00964. The van der Waals surface area contributed by atoms with Crippen LogP contribution in [0.15, 0.2) is 58.1 Å². The third-order valence-electron chi connectivity index (χ3n) is 3.90. The first-order valence-corrected chi connectivity index (χ1v) is 10.6. The first-order valence-electron chi connectivity index (χ1n) is 7.34. The van der Waals surface area contributed by atoms with Crippen LogP contribution in [-0.4, -0.2) is 36.6 Å². The molecule has 2 aromatic heterocycles. The third kappa shape index (κ3) is 2.52. The van der Waals surface area contributed by atoms with Gasteiger partial charge in [0.1, 0.15) is 0 Å². The molecule has 4 rings (SSSR count). The van der Waals surface area contributed by atoms with Gasteiger partial charge < -0.3 is 0 Å². The van der Waals surface area contributed by atoms with Gasteiger partial charge in [0.15, 0.2) is 0 Å². The normalized spacial score (nSPS) is 12.9. The molecule has 6 heteroatoms. The van der Waals surface area contributed by atoms with Crippen LogP contribution in [0.3, 0.4) is 0 Å². The zero-order valence-electron chi connectivity index (χ0n) is 12.4. The molecule has 4 aromatic rings. The summed E-state index contributed by atoms with van der Waals surface area (Å²) in [5.74, 6) is 0. The summed E-state index contributed by atoms with van der Waals surface area (Å²) in [6, 6.07) is 15.6. The van der Waals surface area contributed by atoms with Crippen molar-refractivity contribution in [3.8, 4) is 0 Å². The van der Waals surface area contributed by atoms with Crippen LogP contribution in [0.4, 0.5) is 0 Å². The van der Waals surface area contributed by atoms with Gasteiger partial charge in [-0.1, -0.05) is 0 Å². The van der Waals surface area contributed by atoms with Crippen LogP contribution in [0, 0.1) is 0 Å². The molecule has 0 bridgehead atoms. The standard InChI is InChI=1S/C17H14N2O2Se2/c1-11(19-17(21)13-7-3-5-9-15(13)23-19)10-18-16(20)12-6-2-4-8-14(12)22-18/h2-9,11H,10H2,1H3. The third-order valence-corrected chi connectivity index (χ3v) is 8.86. The number of aromatic nitrogens is 2. The fourth-order valence-corrected chi connectivity index (χ4v) is 7.21. The Morgan fingerprint density at radius 1 is 0.870 bits per heavy atom. The molecule has 0 radical (unpaired) electrons. The van der Waals surface area contributed by atoms with Gasteiger partial charge in [-0.2, -0.15) is 0 Å². The van der Waals surface area contributed by atoms with Crippen LogP contribution in [0.2, 0.25) is 0 Å². The summed E-state index contributed by atoms with van der Waals surface area (Å²) >= 11 is 0.0281. The van der Waals surface area contributed by atoms with E-state index in [0.29, 0.717) is 6.54 Å². The van der Waals surface area contributed by atoms with E-state index in [9.17, 15) is 9.59 Å². The molecule has 0 saturated heterocycles. The molecule has 4 nitrogen and oxygen atoms in total. The Bertz CT molecular complexity index is 1120. The fraction of sp³-hybridized carbons (Fsp3) is 0.176.